The topological polar surface area (TPSA) is 72.8 Å². The number of carbonyl (C=O) groups is 1. The molecule has 1 amide bonds. The van der Waals surface area contributed by atoms with Crippen LogP contribution in [0.5, 0.6) is 0 Å². The lowest BCUT2D eigenvalue weighted by Gasteiger charge is -2.39. The van der Waals surface area contributed by atoms with Gasteiger partial charge in [0.15, 0.2) is 0 Å². The van der Waals surface area contributed by atoms with E-state index >= 15 is 0 Å². The second-order valence-corrected chi connectivity index (χ2v) is 5.39. The highest BCUT2D eigenvalue weighted by atomic mass is 16.3. The average molecular weight is 258 g/mol. The van der Waals surface area contributed by atoms with Gasteiger partial charge >= 0.3 is 0 Å². The fourth-order valence-electron chi connectivity index (χ4n) is 2.56. The first-order valence-electron chi connectivity index (χ1n) is 6.82. The van der Waals surface area contributed by atoms with Gasteiger partial charge in [0.05, 0.1) is 6.61 Å². The van der Waals surface area contributed by atoms with Crippen LogP contribution in [0.25, 0.3) is 0 Å². The molecule has 0 aromatic heterocycles. The standard InChI is InChI=1S/C13H26N2O3/c1-10(2)13(18)15-8-11(3-5-16)7-12(9-15)14-4-6-17/h10-12,14,16-17H,3-9H2,1-2H3. The number of aliphatic hydroxyl groups excluding tert-OH is 2. The number of rotatable bonds is 6. The average Bonchev–Trinajstić information content (AvgIpc) is 2.35. The van der Waals surface area contributed by atoms with Crippen molar-refractivity contribution in [2.24, 2.45) is 11.8 Å². The van der Waals surface area contributed by atoms with Gasteiger partial charge in [-0.2, -0.15) is 0 Å². The number of piperidine rings is 1. The van der Waals surface area contributed by atoms with Gasteiger partial charge in [-0.25, -0.2) is 0 Å². The van der Waals surface area contributed by atoms with Gasteiger partial charge in [-0.1, -0.05) is 13.8 Å². The van der Waals surface area contributed by atoms with E-state index in [0.717, 1.165) is 19.4 Å². The van der Waals surface area contributed by atoms with Gasteiger partial charge in [0.2, 0.25) is 5.91 Å². The summed E-state index contributed by atoms with van der Waals surface area (Å²) in [6.07, 6.45) is 1.70. The summed E-state index contributed by atoms with van der Waals surface area (Å²) in [7, 11) is 0. The Kier molecular flexibility index (Phi) is 6.60. The Morgan fingerprint density at radius 1 is 1.33 bits per heavy atom. The monoisotopic (exact) mass is 258 g/mol. The summed E-state index contributed by atoms with van der Waals surface area (Å²) in [6, 6.07) is 0.227. The maximum absolute atomic E-state index is 12.1. The van der Waals surface area contributed by atoms with Crippen LogP contribution in [-0.4, -0.2) is 59.9 Å². The van der Waals surface area contributed by atoms with Gasteiger partial charge in [-0.15, -0.1) is 0 Å². The Bertz CT molecular complexity index is 259. The Hall–Kier alpha value is -0.650. The van der Waals surface area contributed by atoms with Crippen LogP contribution in [0.2, 0.25) is 0 Å². The molecular weight excluding hydrogens is 232 g/mol. The molecular formula is C13H26N2O3. The van der Waals surface area contributed by atoms with E-state index in [-0.39, 0.29) is 31.1 Å². The fraction of sp³-hybridized carbons (Fsp3) is 0.923. The van der Waals surface area contributed by atoms with E-state index in [1.54, 1.807) is 0 Å². The van der Waals surface area contributed by atoms with Crippen LogP contribution in [0, 0.1) is 11.8 Å². The minimum Gasteiger partial charge on any atom is -0.396 e. The lowest BCUT2D eigenvalue weighted by molar-refractivity contribution is -0.137. The molecule has 1 aliphatic rings. The van der Waals surface area contributed by atoms with Gasteiger partial charge in [0.25, 0.3) is 0 Å². The molecule has 0 aromatic carbocycles. The van der Waals surface area contributed by atoms with E-state index in [9.17, 15) is 4.79 Å². The number of hydrogen-bond donors (Lipinski definition) is 3. The summed E-state index contributed by atoms with van der Waals surface area (Å²) in [5, 5.41) is 21.2. The van der Waals surface area contributed by atoms with Crippen LogP contribution >= 0.6 is 0 Å². The minimum absolute atomic E-state index is 0.0105. The first-order valence-corrected chi connectivity index (χ1v) is 6.82. The van der Waals surface area contributed by atoms with Crippen molar-refractivity contribution in [1.82, 2.24) is 10.2 Å². The normalized spacial score (nSPS) is 24.6. The Morgan fingerprint density at radius 3 is 2.61 bits per heavy atom. The van der Waals surface area contributed by atoms with Gasteiger partial charge in [-0.05, 0) is 18.8 Å². The van der Waals surface area contributed by atoms with Crippen LogP contribution < -0.4 is 5.32 Å². The highest BCUT2D eigenvalue weighted by Crippen LogP contribution is 2.21. The van der Waals surface area contributed by atoms with Crippen molar-refractivity contribution < 1.29 is 15.0 Å². The van der Waals surface area contributed by atoms with E-state index in [1.165, 1.54) is 0 Å². The smallest absolute Gasteiger partial charge is 0.225 e. The molecule has 0 bridgehead atoms. The number of carbonyl (C=O) groups excluding carboxylic acids is 1. The van der Waals surface area contributed by atoms with E-state index in [4.69, 9.17) is 10.2 Å². The Labute approximate surface area is 109 Å². The maximum Gasteiger partial charge on any atom is 0.225 e. The second kappa shape index (κ2) is 7.71. The molecule has 1 heterocycles. The molecule has 2 unspecified atom stereocenters. The summed E-state index contributed by atoms with van der Waals surface area (Å²) < 4.78 is 0. The molecule has 0 spiro atoms. The predicted molar refractivity (Wildman–Crippen MR) is 70.1 cm³/mol. The molecule has 18 heavy (non-hydrogen) atoms. The summed E-state index contributed by atoms with van der Waals surface area (Å²) >= 11 is 0. The minimum atomic E-state index is 0.0105. The van der Waals surface area contributed by atoms with E-state index in [0.29, 0.717) is 19.0 Å². The molecule has 0 saturated carbocycles. The van der Waals surface area contributed by atoms with Crippen molar-refractivity contribution in [1.29, 1.82) is 0 Å². The molecule has 1 rings (SSSR count). The van der Waals surface area contributed by atoms with E-state index < -0.39 is 0 Å². The van der Waals surface area contributed by atoms with Crippen molar-refractivity contribution >= 4 is 5.91 Å². The van der Waals surface area contributed by atoms with Crippen molar-refractivity contribution in [3.05, 3.63) is 0 Å². The Morgan fingerprint density at radius 2 is 2.06 bits per heavy atom. The molecule has 5 nitrogen and oxygen atoms in total. The third-order valence-corrected chi connectivity index (χ3v) is 3.42. The first kappa shape index (κ1) is 15.4. The van der Waals surface area contributed by atoms with Crippen LogP contribution in [-0.2, 0) is 4.79 Å². The molecule has 1 aliphatic heterocycles. The molecule has 2 atom stereocenters. The molecule has 1 fully saturated rings. The van der Waals surface area contributed by atoms with Crippen molar-refractivity contribution in [2.45, 2.75) is 32.7 Å². The molecule has 106 valence electrons. The van der Waals surface area contributed by atoms with Gasteiger partial charge < -0.3 is 20.4 Å². The quantitative estimate of drug-likeness (QED) is 0.618. The Balaban J connectivity index is 2.58. The van der Waals surface area contributed by atoms with Crippen LogP contribution in [0.1, 0.15) is 26.7 Å². The number of nitrogens with one attached hydrogen (secondary N) is 1. The van der Waals surface area contributed by atoms with Crippen LogP contribution in [0.15, 0.2) is 0 Å². The number of likely N-dealkylation sites (tertiary alicyclic amines) is 1. The first-order chi connectivity index (χ1) is 8.58. The summed E-state index contributed by atoms with van der Waals surface area (Å²) in [6.45, 7) is 6.11. The van der Waals surface area contributed by atoms with Gasteiger partial charge in [-0.3, -0.25) is 4.79 Å². The van der Waals surface area contributed by atoms with E-state index in [2.05, 4.69) is 5.32 Å². The van der Waals surface area contributed by atoms with Crippen molar-refractivity contribution in [2.75, 3.05) is 32.8 Å². The lowest BCUT2D eigenvalue weighted by atomic mass is 9.91. The molecule has 0 aliphatic carbocycles. The molecule has 5 heteroatoms. The van der Waals surface area contributed by atoms with Crippen molar-refractivity contribution in [3.8, 4) is 0 Å². The molecule has 1 saturated heterocycles. The molecule has 0 aromatic rings. The van der Waals surface area contributed by atoms with Crippen molar-refractivity contribution in [3.63, 3.8) is 0 Å². The summed E-state index contributed by atoms with van der Waals surface area (Å²) in [5.41, 5.74) is 0. The lowest BCUT2D eigenvalue weighted by Crippen LogP contribution is -2.52. The zero-order valence-electron chi connectivity index (χ0n) is 11.4. The summed E-state index contributed by atoms with van der Waals surface area (Å²) in [4.78, 5) is 13.9. The van der Waals surface area contributed by atoms with Crippen LogP contribution in [0.4, 0.5) is 0 Å². The number of aliphatic hydroxyl groups is 2. The number of nitrogens with zero attached hydrogens (tertiary/aromatic N) is 1. The van der Waals surface area contributed by atoms with Gasteiger partial charge in [0.1, 0.15) is 0 Å². The highest BCUT2D eigenvalue weighted by Gasteiger charge is 2.30. The third-order valence-electron chi connectivity index (χ3n) is 3.42. The SMILES string of the molecule is CC(C)C(=O)N1CC(CCO)CC(NCCO)C1. The predicted octanol–water partition coefficient (Wildman–Crippen LogP) is -0.176. The fourth-order valence-corrected chi connectivity index (χ4v) is 2.56. The largest absolute Gasteiger partial charge is 0.396 e. The highest BCUT2D eigenvalue weighted by molar-refractivity contribution is 5.78. The zero-order valence-corrected chi connectivity index (χ0v) is 11.4. The maximum atomic E-state index is 12.1. The summed E-state index contributed by atoms with van der Waals surface area (Å²) in [5.74, 6) is 0.535. The number of amides is 1. The molecule has 3 N–H and O–H groups in total. The molecule has 0 radical (unpaired) electrons. The van der Waals surface area contributed by atoms with Gasteiger partial charge in [0, 0.05) is 38.2 Å². The number of hydrogen-bond acceptors (Lipinski definition) is 4. The second-order valence-electron chi connectivity index (χ2n) is 5.39. The van der Waals surface area contributed by atoms with Crippen LogP contribution in [0.3, 0.4) is 0 Å². The third kappa shape index (κ3) is 4.55. The van der Waals surface area contributed by atoms with E-state index in [1.807, 2.05) is 18.7 Å². The zero-order chi connectivity index (χ0) is 13.5.